The van der Waals surface area contributed by atoms with Crippen LogP contribution in [0.1, 0.15) is 36.2 Å². The molecule has 6 heteroatoms. The van der Waals surface area contributed by atoms with Crippen molar-refractivity contribution >= 4 is 11.8 Å². The fraction of sp³-hybridized carbons (Fsp3) is 0.583. The molecule has 1 aromatic heterocycles. The first kappa shape index (κ1) is 12.8. The molecule has 1 saturated carbocycles. The normalized spacial score (nSPS) is 17.6. The molecule has 1 heterocycles. The Morgan fingerprint density at radius 2 is 2.06 bits per heavy atom. The second-order valence-electron chi connectivity index (χ2n) is 4.81. The van der Waals surface area contributed by atoms with Gasteiger partial charge in [0, 0.05) is 12.0 Å². The van der Waals surface area contributed by atoms with Crippen LogP contribution < -0.4 is 5.32 Å². The lowest BCUT2D eigenvalue weighted by Gasteiger charge is -2.26. The number of nitrogens with zero attached hydrogens (tertiary/aromatic N) is 2. The molecule has 1 aliphatic carbocycles. The maximum Gasteiger partial charge on any atom is 0.356 e. The van der Waals surface area contributed by atoms with Crippen LogP contribution in [0.3, 0.4) is 0 Å². The Balaban J connectivity index is 1.95. The number of hydrogen-bond donors (Lipinski definition) is 3. The first-order valence-corrected chi connectivity index (χ1v) is 6.05. The second kappa shape index (κ2) is 5.30. The summed E-state index contributed by atoms with van der Waals surface area (Å²) in [5.74, 6) is -0.545. The number of carboxylic acids is 1. The van der Waals surface area contributed by atoms with Crippen molar-refractivity contribution in [1.29, 1.82) is 0 Å². The molecule has 0 radical (unpaired) electrons. The van der Waals surface area contributed by atoms with E-state index in [2.05, 4.69) is 15.3 Å². The van der Waals surface area contributed by atoms with Crippen molar-refractivity contribution in [2.45, 2.75) is 25.7 Å². The number of carbonyl (C=O) groups is 1. The molecule has 0 aromatic carbocycles. The molecule has 1 aliphatic rings. The zero-order chi connectivity index (χ0) is 13.0. The molecule has 0 bridgehead atoms. The van der Waals surface area contributed by atoms with Crippen molar-refractivity contribution in [3.63, 3.8) is 0 Å². The predicted molar refractivity (Wildman–Crippen MR) is 65.5 cm³/mol. The minimum Gasteiger partial charge on any atom is -0.476 e. The van der Waals surface area contributed by atoms with Crippen molar-refractivity contribution < 1.29 is 15.0 Å². The Hall–Kier alpha value is -1.69. The van der Waals surface area contributed by atoms with Crippen molar-refractivity contribution in [3.05, 3.63) is 18.1 Å². The molecule has 1 fully saturated rings. The largest absolute Gasteiger partial charge is 0.476 e. The van der Waals surface area contributed by atoms with Gasteiger partial charge in [-0.25, -0.2) is 14.8 Å². The number of nitrogens with one attached hydrogen (secondary N) is 1. The zero-order valence-electron chi connectivity index (χ0n) is 10.1. The van der Waals surface area contributed by atoms with Gasteiger partial charge in [0.1, 0.15) is 5.82 Å². The van der Waals surface area contributed by atoms with E-state index < -0.39 is 5.97 Å². The van der Waals surface area contributed by atoms with Crippen LogP contribution in [0.15, 0.2) is 12.4 Å². The molecule has 0 saturated heterocycles. The first-order valence-electron chi connectivity index (χ1n) is 6.05. The van der Waals surface area contributed by atoms with E-state index in [0.717, 1.165) is 25.7 Å². The van der Waals surface area contributed by atoms with E-state index in [1.165, 1.54) is 12.4 Å². The average molecular weight is 251 g/mol. The Labute approximate surface area is 105 Å². The van der Waals surface area contributed by atoms with Gasteiger partial charge in [0.15, 0.2) is 5.69 Å². The van der Waals surface area contributed by atoms with E-state index in [-0.39, 0.29) is 17.7 Å². The maximum atomic E-state index is 10.6. The topological polar surface area (TPSA) is 95.3 Å². The van der Waals surface area contributed by atoms with E-state index in [1.807, 2.05) is 0 Å². The van der Waals surface area contributed by atoms with Gasteiger partial charge in [-0.2, -0.15) is 0 Å². The lowest BCUT2D eigenvalue weighted by Crippen LogP contribution is -2.30. The third kappa shape index (κ3) is 2.76. The highest BCUT2D eigenvalue weighted by atomic mass is 16.4. The summed E-state index contributed by atoms with van der Waals surface area (Å²) < 4.78 is 0. The lowest BCUT2D eigenvalue weighted by molar-refractivity contribution is 0.0690. The summed E-state index contributed by atoms with van der Waals surface area (Å²) >= 11 is 0. The number of anilines is 1. The Morgan fingerprint density at radius 3 is 2.56 bits per heavy atom. The SMILES string of the molecule is O=C(O)c1cnc(NCC2(CO)CCCC2)cn1. The highest BCUT2D eigenvalue weighted by molar-refractivity contribution is 5.84. The molecule has 98 valence electrons. The van der Waals surface area contributed by atoms with E-state index in [0.29, 0.717) is 12.4 Å². The standard InChI is InChI=1S/C12H17N3O3/c16-8-12(3-1-2-4-12)7-15-10-6-13-9(5-14-10)11(17)18/h5-6,16H,1-4,7-8H2,(H,14,15)(H,17,18). The summed E-state index contributed by atoms with van der Waals surface area (Å²) in [6, 6.07) is 0. The third-order valence-corrected chi connectivity index (χ3v) is 3.52. The third-order valence-electron chi connectivity index (χ3n) is 3.52. The van der Waals surface area contributed by atoms with E-state index in [9.17, 15) is 9.90 Å². The van der Waals surface area contributed by atoms with Gasteiger partial charge in [0.2, 0.25) is 0 Å². The molecule has 0 amide bonds. The van der Waals surface area contributed by atoms with Gasteiger partial charge in [0.25, 0.3) is 0 Å². The molecule has 2 rings (SSSR count). The second-order valence-corrected chi connectivity index (χ2v) is 4.81. The van der Waals surface area contributed by atoms with Gasteiger partial charge < -0.3 is 15.5 Å². The van der Waals surface area contributed by atoms with E-state index in [1.54, 1.807) is 0 Å². The Bertz CT molecular complexity index is 413. The number of aliphatic hydroxyl groups excluding tert-OH is 1. The van der Waals surface area contributed by atoms with Crippen molar-refractivity contribution in [3.8, 4) is 0 Å². The summed E-state index contributed by atoms with van der Waals surface area (Å²) in [6.07, 6.45) is 6.94. The molecule has 0 unspecified atom stereocenters. The van der Waals surface area contributed by atoms with Crippen LogP contribution in [0.4, 0.5) is 5.82 Å². The molecule has 0 spiro atoms. The van der Waals surface area contributed by atoms with Crippen LogP contribution in [0.25, 0.3) is 0 Å². The number of aromatic nitrogens is 2. The smallest absolute Gasteiger partial charge is 0.356 e. The van der Waals surface area contributed by atoms with Gasteiger partial charge >= 0.3 is 5.97 Å². The summed E-state index contributed by atoms with van der Waals surface area (Å²) in [5.41, 5.74) is -0.133. The van der Waals surface area contributed by atoms with Crippen molar-refractivity contribution in [1.82, 2.24) is 9.97 Å². The Morgan fingerprint density at radius 1 is 1.33 bits per heavy atom. The van der Waals surface area contributed by atoms with Crippen LogP contribution in [0, 0.1) is 5.41 Å². The van der Waals surface area contributed by atoms with E-state index >= 15 is 0 Å². The lowest BCUT2D eigenvalue weighted by atomic mass is 9.87. The fourth-order valence-electron chi connectivity index (χ4n) is 2.32. The number of hydrogen-bond acceptors (Lipinski definition) is 5. The summed E-state index contributed by atoms with van der Waals surface area (Å²) in [6.45, 7) is 0.811. The summed E-state index contributed by atoms with van der Waals surface area (Å²) in [4.78, 5) is 18.4. The van der Waals surface area contributed by atoms with Gasteiger partial charge in [-0.05, 0) is 12.8 Å². The molecular formula is C12H17N3O3. The van der Waals surface area contributed by atoms with Gasteiger partial charge in [-0.1, -0.05) is 12.8 Å². The van der Waals surface area contributed by atoms with Crippen molar-refractivity contribution in [2.24, 2.45) is 5.41 Å². The number of rotatable bonds is 5. The van der Waals surface area contributed by atoms with Crippen molar-refractivity contribution in [2.75, 3.05) is 18.5 Å². The number of aliphatic hydroxyl groups is 1. The van der Waals surface area contributed by atoms with Crippen LogP contribution >= 0.6 is 0 Å². The molecule has 18 heavy (non-hydrogen) atoms. The highest BCUT2D eigenvalue weighted by Crippen LogP contribution is 2.37. The number of aromatic carboxylic acids is 1. The van der Waals surface area contributed by atoms with Crippen LogP contribution in [-0.2, 0) is 0 Å². The minimum absolute atomic E-state index is 0.0624. The molecule has 0 atom stereocenters. The summed E-state index contributed by atoms with van der Waals surface area (Å²) in [7, 11) is 0. The minimum atomic E-state index is -1.09. The molecule has 1 aromatic rings. The molecular weight excluding hydrogens is 234 g/mol. The highest BCUT2D eigenvalue weighted by Gasteiger charge is 2.32. The van der Waals surface area contributed by atoms with Gasteiger partial charge in [-0.15, -0.1) is 0 Å². The Kier molecular flexibility index (Phi) is 3.76. The average Bonchev–Trinajstić information content (AvgIpc) is 2.86. The van der Waals surface area contributed by atoms with Crippen LogP contribution in [0.2, 0.25) is 0 Å². The zero-order valence-corrected chi connectivity index (χ0v) is 10.1. The first-order chi connectivity index (χ1) is 8.65. The predicted octanol–water partition coefficient (Wildman–Crippen LogP) is 1.14. The van der Waals surface area contributed by atoms with Crippen LogP contribution in [-0.4, -0.2) is 39.3 Å². The molecule has 6 nitrogen and oxygen atoms in total. The van der Waals surface area contributed by atoms with Gasteiger partial charge in [0.05, 0.1) is 19.0 Å². The quantitative estimate of drug-likeness (QED) is 0.726. The summed E-state index contributed by atoms with van der Waals surface area (Å²) in [5, 5.41) is 21.3. The monoisotopic (exact) mass is 251 g/mol. The molecule has 0 aliphatic heterocycles. The maximum absolute atomic E-state index is 10.6. The fourth-order valence-corrected chi connectivity index (χ4v) is 2.32. The molecule has 3 N–H and O–H groups in total. The van der Waals surface area contributed by atoms with Crippen LogP contribution in [0.5, 0.6) is 0 Å². The van der Waals surface area contributed by atoms with Gasteiger partial charge in [-0.3, -0.25) is 0 Å². The van der Waals surface area contributed by atoms with E-state index in [4.69, 9.17) is 5.11 Å². The number of carboxylic acid groups (broad SMARTS) is 1.